The Bertz CT molecular complexity index is 719. The molecule has 0 aliphatic rings. The molecule has 0 spiro atoms. The molecule has 0 bridgehead atoms. The van der Waals surface area contributed by atoms with Crippen LogP contribution in [-0.2, 0) is 10.0 Å². The standard InChI is InChI=1S/C12H10ClIN2O2S/c1-8-2-3-9(6-11(8)14)16-19(17,18)12-7-15-5-4-10(12)13/h2-7,16H,1H3. The molecule has 2 rings (SSSR count). The molecule has 0 radical (unpaired) electrons. The van der Waals surface area contributed by atoms with E-state index in [2.05, 4.69) is 32.3 Å². The summed E-state index contributed by atoms with van der Waals surface area (Å²) < 4.78 is 27.8. The first kappa shape index (κ1) is 14.5. The number of nitrogens with one attached hydrogen (secondary N) is 1. The Hall–Kier alpha value is -0.860. The van der Waals surface area contributed by atoms with Crippen LogP contribution in [0.3, 0.4) is 0 Å². The van der Waals surface area contributed by atoms with Crippen LogP contribution in [0.5, 0.6) is 0 Å². The molecule has 0 atom stereocenters. The summed E-state index contributed by atoms with van der Waals surface area (Å²) in [5.74, 6) is 0. The van der Waals surface area contributed by atoms with Crippen LogP contribution in [0.25, 0.3) is 0 Å². The number of hydrogen-bond donors (Lipinski definition) is 1. The van der Waals surface area contributed by atoms with Crippen molar-refractivity contribution in [2.75, 3.05) is 4.72 Å². The molecule has 0 aliphatic carbocycles. The molecule has 1 aromatic heterocycles. The number of pyridine rings is 1. The van der Waals surface area contributed by atoms with Crippen molar-refractivity contribution in [1.29, 1.82) is 0 Å². The molecule has 2 aromatic rings. The van der Waals surface area contributed by atoms with Gasteiger partial charge < -0.3 is 0 Å². The van der Waals surface area contributed by atoms with E-state index in [4.69, 9.17) is 11.6 Å². The van der Waals surface area contributed by atoms with Gasteiger partial charge in [0.25, 0.3) is 10.0 Å². The van der Waals surface area contributed by atoms with Crippen LogP contribution in [0, 0.1) is 10.5 Å². The number of hydrogen-bond acceptors (Lipinski definition) is 3. The van der Waals surface area contributed by atoms with E-state index in [0.29, 0.717) is 5.69 Å². The molecular formula is C12H10ClIN2O2S. The zero-order valence-electron chi connectivity index (χ0n) is 9.89. The van der Waals surface area contributed by atoms with E-state index in [-0.39, 0.29) is 9.92 Å². The molecule has 1 N–H and O–H groups in total. The number of benzene rings is 1. The first-order valence-electron chi connectivity index (χ1n) is 5.28. The summed E-state index contributed by atoms with van der Waals surface area (Å²) in [5, 5.41) is 0.143. The molecule has 0 saturated carbocycles. The molecule has 0 aliphatic heterocycles. The summed E-state index contributed by atoms with van der Waals surface area (Å²) in [5.41, 5.74) is 1.58. The smallest absolute Gasteiger partial charge is 0.264 e. The topological polar surface area (TPSA) is 59.1 Å². The number of halogens is 2. The average Bonchev–Trinajstić information content (AvgIpc) is 2.34. The van der Waals surface area contributed by atoms with E-state index in [1.165, 1.54) is 18.5 Å². The lowest BCUT2D eigenvalue weighted by Gasteiger charge is -2.10. The van der Waals surface area contributed by atoms with E-state index >= 15 is 0 Å². The first-order chi connectivity index (χ1) is 8.90. The maximum Gasteiger partial charge on any atom is 0.264 e. The molecule has 1 aromatic carbocycles. The van der Waals surface area contributed by atoms with Gasteiger partial charge >= 0.3 is 0 Å². The van der Waals surface area contributed by atoms with E-state index in [9.17, 15) is 8.42 Å². The fraction of sp³-hybridized carbons (Fsp3) is 0.0833. The van der Waals surface area contributed by atoms with Gasteiger partial charge in [-0.1, -0.05) is 17.7 Å². The normalized spacial score (nSPS) is 11.3. The van der Waals surface area contributed by atoms with Crippen molar-refractivity contribution >= 4 is 49.9 Å². The van der Waals surface area contributed by atoms with E-state index in [1.54, 1.807) is 12.1 Å². The van der Waals surface area contributed by atoms with Gasteiger partial charge in [-0.25, -0.2) is 8.42 Å². The third-order valence-electron chi connectivity index (χ3n) is 2.45. The largest absolute Gasteiger partial charge is 0.280 e. The minimum atomic E-state index is -3.72. The van der Waals surface area contributed by atoms with Crippen molar-refractivity contribution < 1.29 is 8.42 Å². The van der Waals surface area contributed by atoms with Gasteiger partial charge in [-0.2, -0.15) is 0 Å². The Balaban J connectivity index is 2.37. The van der Waals surface area contributed by atoms with Crippen LogP contribution in [0.4, 0.5) is 5.69 Å². The highest BCUT2D eigenvalue weighted by atomic mass is 127. The van der Waals surface area contributed by atoms with Crippen LogP contribution in [-0.4, -0.2) is 13.4 Å². The van der Waals surface area contributed by atoms with Gasteiger partial charge in [0, 0.05) is 21.7 Å². The number of nitrogens with zero attached hydrogens (tertiary/aromatic N) is 1. The van der Waals surface area contributed by atoms with Gasteiger partial charge in [0.1, 0.15) is 4.90 Å². The van der Waals surface area contributed by atoms with Crippen molar-refractivity contribution in [3.05, 3.63) is 50.8 Å². The lowest BCUT2D eigenvalue weighted by atomic mass is 10.2. The molecule has 19 heavy (non-hydrogen) atoms. The summed E-state index contributed by atoms with van der Waals surface area (Å²) in [4.78, 5) is 3.75. The molecule has 1 heterocycles. The Kier molecular flexibility index (Phi) is 4.32. The van der Waals surface area contributed by atoms with Crippen molar-refractivity contribution in [3.63, 3.8) is 0 Å². The van der Waals surface area contributed by atoms with Crippen molar-refractivity contribution in [3.8, 4) is 0 Å². The summed E-state index contributed by atoms with van der Waals surface area (Å²) in [6, 6.07) is 6.76. The fourth-order valence-electron chi connectivity index (χ4n) is 1.43. The quantitative estimate of drug-likeness (QED) is 0.792. The lowest BCUT2D eigenvalue weighted by Crippen LogP contribution is -2.13. The van der Waals surface area contributed by atoms with Gasteiger partial charge in [-0.3, -0.25) is 9.71 Å². The van der Waals surface area contributed by atoms with Gasteiger partial charge in [0.05, 0.1) is 5.02 Å². The zero-order chi connectivity index (χ0) is 14.0. The Morgan fingerprint density at radius 3 is 2.68 bits per heavy atom. The van der Waals surface area contributed by atoms with Crippen LogP contribution < -0.4 is 4.72 Å². The minimum absolute atomic E-state index is 0.0350. The van der Waals surface area contributed by atoms with E-state index in [1.807, 2.05) is 13.0 Å². The molecular weight excluding hydrogens is 399 g/mol. The first-order valence-corrected chi connectivity index (χ1v) is 8.22. The SMILES string of the molecule is Cc1ccc(NS(=O)(=O)c2cnccc2Cl)cc1I. The van der Waals surface area contributed by atoms with E-state index < -0.39 is 10.0 Å². The second-order valence-electron chi connectivity index (χ2n) is 3.88. The second kappa shape index (κ2) is 5.64. The van der Waals surface area contributed by atoms with Crippen LogP contribution in [0.2, 0.25) is 5.02 Å². The van der Waals surface area contributed by atoms with Crippen LogP contribution in [0.15, 0.2) is 41.6 Å². The fourth-order valence-corrected chi connectivity index (χ4v) is 3.42. The Morgan fingerprint density at radius 1 is 1.32 bits per heavy atom. The third kappa shape index (κ3) is 3.37. The average molecular weight is 409 g/mol. The summed E-state index contributed by atoms with van der Waals surface area (Å²) in [6.07, 6.45) is 2.67. The maximum absolute atomic E-state index is 12.2. The van der Waals surface area contributed by atoms with Gasteiger partial charge in [-0.15, -0.1) is 0 Å². The Morgan fingerprint density at radius 2 is 2.05 bits per heavy atom. The monoisotopic (exact) mass is 408 g/mol. The molecule has 0 unspecified atom stereocenters. The number of anilines is 1. The molecule has 100 valence electrons. The molecule has 0 amide bonds. The van der Waals surface area contributed by atoms with Gasteiger partial charge in [-0.05, 0) is 53.3 Å². The molecule has 0 fully saturated rings. The Labute approximate surface area is 130 Å². The van der Waals surface area contributed by atoms with Gasteiger partial charge in [0.2, 0.25) is 0 Å². The number of rotatable bonds is 3. The van der Waals surface area contributed by atoms with E-state index in [0.717, 1.165) is 9.13 Å². The van der Waals surface area contributed by atoms with Crippen molar-refractivity contribution in [1.82, 2.24) is 4.98 Å². The molecule has 7 heteroatoms. The van der Waals surface area contributed by atoms with Crippen LogP contribution in [0.1, 0.15) is 5.56 Å². The molecule has 4 nitrogen and oxygen atoms in total. The predicted octanol–water partition coefficient (Wildman–Crippen LogP) is 3.45. The highest BCUT2D eigenvalue weighted by Crippen LogP contribution is 2.24. The molecule has 0 saturated heterocycles. The number of aryl methyl sites for hydroxylation is 1. The van der Waals surface area contributed by atoms with Crippen molar-refractivity contribution in [2.45, 2.75) is 11.8 Å². The summed E-state index contributed by atoms with van der Waals surface area (Å²) in [7, 11) is -3.72. The zero-order valence-corrected chi connectivity index (χ0v) is 13.6. The minimum Gasteiger partial charge on any atom is -0.280 e. The van der Waals surface area contributed by atoms with Crippen LogP contribution >= 0.6 is 34.2 Å². The third-order valence-corrected chi connectivity index (χ3v) is 5.46. The number of aromatic nitrogens is 1. The summed E-state index contributed by atoms with van der Waals surface area (Å²) >= 11 is 8.02. The predicted molar refractivity (Wildman–Crippen MR) is 84.0 cm³/mol. The van der Waals surface area contributed by atoms with Gasteiger partial charge in [0.15, 0.2) is 0 Å². The maximum atomic E-state index is 12.2. The van der Waals surface area contributed by atoms with Crippen molar-refractivity contribution in [2.24, 2.45) is 0 Å². The summed E-state index contributed by atoms with van der Waals surface area (Å²) in [6.45, 7) is 1.96. The lowest BCUT2D eigenvalue weighted by molar-refractivity contribution is 0.601. The highest BCUT2D eigenvalue weighted by Gasteiger charge is 2.18. The second-order valence-corrected chi connectivity index (χ2v) is 7.10. The number of sulfonamides is 1. The highest BCUT2D eigenvalue weighted by molar-refractivity contribution is 14.1.